The fourth-order valence-electron chi connectivity index (χ4n) is 3.10. The molecule has 1 aromatic rings. The van der Waals surface area contributed by atoms with Crippen LogP contribution in [0.2, 0.25) is 0 Å². The number of hydrogen-bond donors (Lipinski definition) is 1. The van der Waals surface area contributed by atoms with Crippen molar-refractivity contribution < 1.29 is 5.11 Å². The SMILES string of the molecule is Cc1ccc(C(C)(O)C2(C#N)CCC(C)C2)cc1. The van der Waals surface area contributed by atoms with Gasteiger partial charge in [0, 0.05) is 0 Å². The van der Waals surface area contributed by atoms with Crippen LogP contribution in [-0.2, 0) is 5.60 Å². The van der Waals surface area contributed by atoms with E-state index in [1.807, 2.05) is 31.2 Å². The lowest BCUT2D eigenvalue weighted by atomic mass is 9.68. The minimum absolute atomic E-state index is 0.515. The predicted octanol–water partition coefficient (Wildman–Crippen LogP) is 3.53. The molecule has 1 saturated carbocycles. The zero-order chi connectivity index (χ0) is 13.4. The van der Waals surface area contributed by atoms with Crippen LogP contribution in [0.15, 0.2) is 24.3 Å². The topological polar surface area (TPSA) is 44.0 Å². The first kappa shape index (κ1) is 13.1. The summed E-state index contributed by atoms with van der Waals surface area (Å²) in [7, 11) is 0. The number of benzene rings is 1. The lowest BCUT2D eigenvalue weighted by Gasteiger charge is -2.38. The van der Waals surface area contributed by atoms with Crippen molar-refractivity contribution >= 4 is 0 Å². The molecular formula is C16H21NO. The fourth-order valence-corrected chi connectivity index (χ4v) is 3.10. The average molecular weight is 243 g/mol. The predicted molar refractivity (Wildman–Crippen MR) is 71.8 cm³/mol. The van der Waals surface area contributed by atoms with E-state index in [9.17, 15) is 10.4 Å². The van der Waals surface area contributed by atoms with E-state index in [0.717, 1.165) is 24.8 Å². The van der Waals surface area contributed by atoms with Crippen LogP contribution in [0, 0.1) is 29.6 Å². The molecule has 0 amide bonds. The zero-order valence-corrected chi connectivity index (χ0v) is 11.4. The maximum atomic E-state index is 10.9. The van der Waals surface area contributed by atoms with Gasteiger partial charge in [0.1, 0.15) is 5.60 Å². The van der Waals surface area contributed by atoms with Crippen molar-refractivity contribution in [2.45, 2.75) is 45.6 Å². The third-order valence-corrected chi connectivity index (χ3v) is 4.52. The molecule has 2 nitrogen and oxygen atoms in total. The quantitative estimate of drug-likeness (QED) is 0.863. The monoisotopic (exact) mass is 243 g/mol. The first-order valence-electron chi connectivity index (χ1n) is 6.62. The second-order valence-corrected chi connectivity index (χ2v) is 5.98. The molecule has 0 aromatic heterocycles. The van der Waals surface area contributed by atoms with Gasteiger partial charge < -0.3 is 5.11 Å². The zero-order valence-electron chi connectivity index (χ0n) is 11.4. The van der Waals surface area contributed by atoms with Gasteiger partial charge in [-0.15, -0.1) is 0 Å². The Morgan fingerprint density at radius 2 is 2.00 bits per heavy atom. The highest BCUT2D eigenvalue weighted by molar-refractivity contribution is 5.31. The van der Waals surface area contributed by atoms with Crippen LogP contribution in [0.5, 0.6) is 0 Å². The molecule has 0 heterocycles. The highest BCUT2D eigenvalue weighted by atomic mass is 16.3. The molecule has 2 heteroatoms. The number of aliphatic hydroxyl groups is 1. The molecule has 1 fully saturated rings. The molecule has 3 atom stereocenters. The summed E-state index contributed by atoms with van der Waals surface area (Å²) in [6, 6.07) is 10.3. The standard InChI is InChI=1S/C16H21NO/c1-12-4-6-14(7-5-12)15(3,18)16(11-17)9-8-13(2)10-16/h4-7,13,18H,8-10H2,1-3H3. The summed E-state index contributed by atoms with van der Waals surface area (Å²) in [5.41, 5.74) is 0.311. The molecule has 18 heavy (non-hydrogen) atoms. The number of rotatable bonds is 2. The molecule has 96 valence electrons. The van der Waals surface area contributed by atoms with E-state index in [0.29, 0.717) is 5.92 Å². The van der Waals surface area contributed by atoms with E-state index >= 15 is 0 Å². The Balaban J connectivity index is 2.41. The van der Waals surface area contributed by atoms with Crippen LogP contribution in [0.4, 0.5) is 0 Å². The third-order valence-electron chi connectivity index (χ3n) is 4.52. The summed E-state index contributed by atoms with van der Waals surface area (Å²) >= 11 is 0. The molecule has 1 aliphatic carbocycles. The summed E-state index contributed by atoms with van der Waals surface area (Å²) in [5.74, 6) is 0.515. The van der Waals surface area contributed by atoms with Crippen molar-refractivity contribution in [2.75, 3.05) is 0 Å². The summed E-state index contributed by atoms with van der Waals surface area (Å²) in [5, 5.41) is 20.5. The highest BCUT2D eigenvalue weighted by Crippen LogP contribution is 2.52. The van der Waals surface area contributed by atoms with Gasteiger partial charge in [-0.1, -0.05) is 36.8 Å². The molecule has 0 radical (unpaired) electrons. The molecule has 0 spiro atoms. The molecule has 1 aromatic carbocycles. The Morgan fingerprint density at radius 1 is 1.39 bits per heavy atom. The normalized spacial score (nSPS) is 30.7. The van der Waals surface area contributed by atoms with Gasteiger partial charge in [-0.3, -0.25) is 0 Å². The maximum Gasteiger partial charge on any atom is 0.105 e. The van der Waals surface area contributed by atoms with Gasteiger partial charge in [-0.25, -0.2) is 0 Å². The van der Waals surface area contributed by atoms with Gasteiger partial charge in [0.15, 0.2) is 0 Å². The molecule has 0 bridgehead atoms. The van der Waals surface area contributed by atoms with Gasteiger partial charge in [0.25, 0.3) is 0 Å². The van der Waals surface area contributed by atoms with Crippen LogP contribution < -0.4 is 0 Å². The van der Waals surface area contributed by atoms with E-state index in [2.05, 4.69) is 13.0 Å². The largest absolute Gasteiger partial charge is 0.384 e. The molecule has 3 unspecified atom stereocenters. The second kappa shape index (κ2) is 4.40. The molecule has 0 saturated heterocycles. The Kier molecular flexibility index (Phi) is 3.21. The first-order valence-corrected chi connectivity index (χ1v) is 6.62. The van der Waals surface area contributed by atoms with E-state index in [1.54, 1.807) is 6.92 Å². The minimum atomic E-state index is -1.07. The van der Waals surface area contributed by atoms with E-state index in [4.69, 9.17) is 0 Å². The Morgan fingerprint density at radius 3 is 2.44 bits per heavy atom. The third kappa shape index (κ3) is 1.93. The molecular weight excluding hydrogens is 222 g/mol. The Bertz CT molecular complexity index is 469. The van der Waals surface area contributed by atoms with E-state index < -0.39 is 11.0 Å². The van der Waals surface area contributed by atoms with Crippen molar-refractivity contribution in [2.24, 2.45) is 11.3 Å². The summed E-state index contributed by atoms with van der Waals surface area (Å²) in [6.45, 7) is 5.97. The van der Waals surface area contributed by atoms with Gasteiger partial charge in [-0.05, 0) is 44.6 Å². The maximum absolute atomic E-state index is 10.9. The lowest BCUT2D eigenvalue weighted by Crippen LogP contribution is -2.41. The highest BCUT2D eigenvalue weighted by Gasteiger charge is 2.52. The number of nitriles is 1. The molecule has 2 rings (SSSR count). The minimum Gasteiger partial charge on any atom is -0.384 e. The summed E-state index contributed by atoms with van der Waals surface area (Å²) < 4.78 is 0. The van der Waals surface area contributed by atoms with Crippen molar-refractivity contribution in [1.29, 1.82) is 5.26 Å². The van der Waals surface area contributed by atoms with Crippen molar-refractivity contribution in [1.82, 2.24) is 0 Å². The number of nitrogens with zero attached hydrogens (tertiary/aromatic N) is 1. The van der Waals surface area contributed by atoms with E-state index in [-0.39, 0.29) is 0 Å². The molecule has 1 aliphatic rings. The van der Waals surface area contributed by atoms with Gasteiger partial charge in [-0.2, -0.15) is 5.26 Å². The molecule has 0 aliphatic heterocycles. The fraction of sp³-hybridized carbons (Fsp3) is 0.562. The Hall–Kier alpha value is -1.33. The second-order valence-electron chi connectivity index (χ2n) is 5.98. The number of aryl methyl sites for hydroxylation is 1. The van der Waals surface area contributed by atoms with Crippen LogP contribution in [0.1, 0.15) is 44.2 Å². The van der Waals surface area contributed by atoms with Gasteiger partial charge >= 0.3 is 0 Å². The molecule has 1 N–H and O–H groups in total. The Labute approximate surface area is 109 Å². The smallest absolute Gasteiger partial charge is 0.105 e. The van der Waals surface area contributed by atoms with Crippen LogP contribution in [0.25, 0.3) is 0 Å². The van der Waals surface area contributed by atoms with Crippen LogP contribution >= 0.6 is 0 Å². The van der Waals surface area contributed by atoms with E-state index in [1.165, 1.54) is 5.56 Å². The summed E-state index contributed by atoms with van der Waals surface area (Å²) in [4.78, 5) is 0. The van der Waals surface area contributed by atoms with Crippen LogP contribution in [0.3, 0.4) is 0 Å². The lowest BCUT2D eigenvalue weighted by molar-refractivity contribution is -0.0438. The van der Waals surface area contributed by atoms with Crippen molar-refractivity contribution in [3.8, 4) is 6.07 Å². The number of hydrogen-bond acceptors (Lipinski definition) is 2. The van der Waals surface area contributed by atoms with Crippen molar-refractivity contribution in [3.05, 3.63) is 35.4 Å². The van der Waals surface area contributed by atoms with Gasteiger partial charge in [0.2, 0.25) is 0 Å². The summed E-state index contributed by atoms with van der Waals surface area (Å²) in [6.07, 6.45) is 2.59. The van der Waals surface area contributed by atoms with Crippen molar-refractivity contribution in [3.63, 3.8) is 0 Å². The average Bonchev–Trinajstić information content (AvgIpc) is 2.73. The van der Waals surface area contributed by atoms with Crippen LogP contribution in [-0.4, -0.2) is 5.11 Å². The first-order chi connectivity index (χ1) is 8.41. The van der Waals surface area contributed by atoms with Gasteiger partial charge in [0.05, 0.1) is 11.5 Å².